The van der Waals surface area contributed by atoms with E-state index < -0.39 is 0 Å². The molecule has 0 unspecified atom stereocenters. The van der Waals surface area contributed by atoms with Crippen LogP contribution in [0.5, 0.6) is 0 Å². The molecule has 4 heteroatoms. The summed E-state index contributed by atoms with van der Waals surface area (Å²) in [6, 6.07) is 11.4. The molecule has 3 nitrogen and oxygen atoms in total. The second-order valence-corrected chi connectivity index (χ2v) is 4.74. The van der Waals surface area contributed by atoms with E-state index in [1.165, 1.54) is 0 Å². The van der Waals surface area contributed by atoms with Crippen LogP contribution in [0.3, 0.4) is 0 Å². The van der Waals surface area contributed by atoms with Crippen molar-refractivity contribution in [2.24, 2.45) is 0 Å². The molecule has 1 aromatic heterocycles. The monoisotopic (exact) mass is 304 g/mol. The predicted octanol–water partition coefficient (Wildman–Crippen LogP) is 3.42. The fourth-order valence-corrected chi connectivity index (χ4v) is 1.96. The highest BCUT2D eigenvalue weighted by molar-refractivity contribution is 9.10. The Hall–Kier alpha value is -1.68. The van der Waals surface area contributed by atoms with Gasteiger partial charge in [0, 0.05) is 23.3 Å². The average molecular weight is 305 g/mol. The van der Waals surface area contributed by atoms with Gasteiger partial charge in [0.25, 0.3) is 0 Å². The number of hydrogen-bond acceptors (Lipinski definition) is 2. The van der Waals surface area contributed by atoms with Crippen LogP contribution in [0.15, 0.2) is 53.3 Å². The van der Waals surface area contributed by atoms with Crippen molar-refractivity contribution in [2.45, 2.75) is 12.8 Å². The van der Waals surface area contributed by atoms with Crippen molar-refractivity contribution in [1.29, 1.82) is 0 Å². The Bertz CT molecular complexity index is 528. The molecule has 0 bridgehead atoms. The maximum atomic E-state index is 11.8. The molecule has 18 heavy (non-hydrogen) atoms. The van der Waals surface area contributed by atoms with Crippen LogP contribution >= 0.6 is 15.9 Å². The van der Waals surface area contributed by atoms with Gasteiger partial charge in [0.05, 0.1) is 5.69 Å². The Kier molecular flexibility index (Phi) is 4.47. The highest BCUT2D eigenvalue weighted by Crippen LogP contribution is 2.21. The smallest absolute Gasteiger partial charge is 0.224 e. The zero-order chi connectivity index (χ0) is 12.8. The first-order chi connectivity index (χ1) is 8.75. The molecule has 92 valence electrons. The molecule has 0 aliphatic heterocycles. The van der Waals surface area contributed by atoms with Crippen LogP contribution in [-0.4, -0.2) is 10.9 Å². The van der Waals surface area contributed by atoms with Gasteiger partial charge in [-0.2, -0.15) is 0 Å². The van der Waals surface area contributed by atoms with Gasteiger partial charge in [0.1, 0.15) is 0 Å². The minimum Gasteiger partial charge on any atom is -0.325 e. The Morgan fingerprint density at radius 3 is 2.78 bits per heavy atom. The Balaban J connectivity index is 1.88. The van der Waals surface area contributed by atoms with Crippen molar-refractivity contribution in [1.82, 2.24) is 4.98 Å². The number of para-hydroxylation sites is 1. The van der Waals surface area contributed by atoms with E-state index in [1.807, 2.05) is 36.4 Å². The highest BCUT2D eigenvalue weighted by atomic mass is 79.9. The van der Waals surface area contributed by atoms with Crippen LogP contribution in [0.1, 0.15) is 12.0 Å². The standard InChI is InChI=1S/C14H13BrN2O/c15-12-5-1-2-6-13(12)17-14(18)8-7-11-4-3-9-16-10-11/h1-6,9-10H,7-8H2,(H,17,18). The average Bonchev–Trinajstić information content (AvgIpc) is 2.40. The van der Waals surface area contributed by atoms with Gasteiger partial charge < -0.3 is 5.32 Å². The van der Waals surface area contributed by atoms with Gasteiger partial charge in [-0.05, 0) is 46.1 Å². The third-order valence-electron chi connectivity index (χ3n) is 2.51. The number of hydrogen-bond donors (Lipinski definition) is 1. The lowest BCUT2D eigenvalue weighted by Gasteiger charge is -2.06. The largest absolute Gasteiger partial charge is 0.325 e. The minimum atomic E-state index is 0.00533. The first-order valence-electron chi connectivity index (χ1n) is 5.69. The van der Waals surface area contributed by atoms with Crippen LogP contribution in [0.2, 0.25) is 0 Å². The molecule has 1 N–H and O–H groups in total. The van der Waals surface area contributed by atoms with Crippen molar-refractivity contribution >= 4 is 27.5 Å². The van der Waals surface area contributed by atoms with E-state index in [9.17, 15) is 4.79 Å². The number of carbonyl (C=O) groups is 1. The second kappa shape index (κ2) is 6.31. The number of rotatable bonds is 4. The van der Waals surface area contributed by atoms with Crippen LogP contribution < -0.4 is 5.32 Å². The highest BCUT2D eigenvalue weighted by Gasteiger charge is 2.05. The molecule has 1 aromatic carbocycles. The number of benzene rings is 1. The maximum absolute atomic E-state index is 11.8. The van der Waals surface area contributed by atoms with Crippen molar-refractivity contribution in [3.63, 3.8) is 0 Å². The number of carbonyl (C=O) groups excluding carboxylic acids is 1. The zero-order valence-electron chi connectivity index (χ0n) is 9.77. The Labute approximate surface area is 114 Å². The van der Waals surface area contributed by atoms with E-state index in [-0.39, 0.29) is 5.91 Å². The number of halogens is 1. The summed E-state index contributed by atoms with van der Waals surface area (Å²) in [7, 11) is 0. The molecular formula is C14H13BrN2O. The third-order valence-corrected chi connectivity index (χ3v) is 3.20. The van der Waals surface area contributed by atoms with Gasteiger partial charge in [-0.15, -0.1) is 0 Å². The first-order valence-corrected chi connectivity index (χ1v) is 6.48. The maximum Gasteiger partial charge on any atom is 0.224 e. The second-order valence-electron chi connectivity index (χ2n) is 3.89. The van der Waals surface area contributed by atoms with Crippen molar-refractivity contribution in [3.8, 4) is 0 Å². The van der Waals surface area contributed by atoms with E-state index in [1.54, 1.807) is 12.4 Å². The molecule has 1 heterocycles. The summed E-state index contributed by atoms with van der Waals surface area (Å²) in [5.74, 6) is 0.00533. The molecule has 0 radical (unpaired) electrons. The molecule has 1 amide bonds. The molecule has 0 atom stereocenters. The van der Waals surface area contributed by atoms with Crippen LogP contribution in [0.25, 0.3) is 0 Å². The molecule has 0 aliphatic carbocycles. The van der Waals surface area contributed by atoms with Crippen LogP contribution in [0, 0.1) is 0 Å². The van der Waals surface area contributed by atoms with Crippen molar-refractivity contribution in [3.05, 3.63) is 58.8 Å². The molecule has 2 aromatic rings. The zero-order valence-corrected chi connectivity index (χ0v) is 11.4. The summed E-state index contributed by atoms with van der Waals surface area (Å²) in [6.07, 6.45) is 4.66. The van der Waals surface area contributed by atoms with E-state index >= 15 is 0 Å². The number of nitrogens with zero attached hydrogens (tertiary/aromatic N) is 1. The Morgan fingerprint density at radius 2 is 2.06 bits per heavy atom. The van der Waals surface area contributed by atoms with Crippen LogP contribution in [0.4, 0.5) is 5.69 Å². The molecule has 0 saturated carbocycles. The lowest BCUT2D eigenvalue weighted by molar-refractivity contribution is -0.116. The molecule has 0 fully saturated rings. The summed E-state index contributed by atoms with van der Waals surface area (Å²) in [6.45, 7) is 0. The molecule has 0 spiro atoms. The van der Waals surface area contributed by atoms with Gasteiger partial charge in [-0.25, -0.2) is 0 Å². The summed E-state index contributed by atoms with van der Waals surface area (Å²) in [4.78, 5) is 15.8. The fourth-order valence-electron chi connectivity index (χ4n) is 1.58. The molecule has 2 rings (SSSR count). The van der Waals surface area contributed by atoms with E-state index in [0.29, 0.717) is 12.8 Å². The van der Waals surface area contributed by atoms with Crippen molar-refractivity contribution < 1.29 is 4.79 Å². The lowest BCUT2D eigenvalue weighted by atomic mass is 10.1. The molecule has 0 saturated heterocycles. The first kappa shape index (κ1) is 12.8. The number of anilines is 1. The topological polar surface area (TPSA) is 42.0 Å². The van der Waals surface area contributed by atoms with Crippen molar-refractivity contribution in [2.75, 3.05) is 5.32 Å². The van der Waals surface area contributed by atoms with Gasteiger partial charge in [-0.3, -0.25) is 9.78 Å². The predicted molar refractivity (Wildman–Crippen MR) is 75.3 cm³/mol. The minimum absolute atomic E-state index is 0.00533. The Morgan fingerprint density at radius 1 is 1.22 bits per heavy atom. The normalized spacial score (nSPS) is 10.1. The van der Waals surface area contributed by atoms with Gasteiger partial charge in [-0.1, -0.05) is 18.2 Å². The number of amides is 1. The molecular weight excluding hydrogens is 292 g/mol. The van der Waals surface area contributed by atoms with Gasteiger partial charge in [0.2, 0.25) is 5.91 Å². The van der Waals surface area contributed by atoms with E-state index in [4.69, 9.17) is 0 Å². The summed E-state index contributed by atoms with van der Waals surface area (Å²) in [5.41, 5.74) is 1.87. The van der Waals surface area contributed by atoms with E-state index in [2.05, 4.69) is 26.2 Å². The number of nitrogens with one attached hydrogen (secondary N) is 1. The summed E-state index contributed by atoms with van der Waals surface area (Å²) < 4.78 is 0.889. The molecule has 0 aliphatic rings. The lowest BCUT2D eigenvalue weighted by Crippen LogP contribution is -2.12. The quantitative estimate of drug-likeness (QED) is 0.940. The fraction of sp³-hybridized carbons (Fsp3) is 0.143. The van der Waals surface area contributed by atoms with Crippen LogP contribution in [-0.2, 0) is 11.2 Å². The van der Waals surface area contributed by atoms with E-state index in [0.717, 1.165) is 15.7 Å². The van der Waals surface area contributed by atoms with Gasteiger partial charge in [0.15, 0.2) is 0 Å². The summed E-state index contributed by atoms with van der Waals surface area (Å²) >= 11 is 3.40. The van der Waals surface area contributed by atoms with Gasteiger partial charge >= 0.3 is 0 Å². The number of pyridine rings is 1. The summed E-state index contributed by atoms with van der Waals surface area (Å²) in [5, 5.41) is 2.87. The SMILES string of the molecule is O=C(CCc1cccnc1)Nc1ccccc1Br. The number of aryl methyl sites for hydroxylation is 1. The third kappa shape index (κ3) is 3.67. The number of aromatic nitrogens is 1.